The predicted molar refractivity (Wildman–Crippen MR) is 75.6 cm³/mol. The lowest BCUT2D eigenvalue weighted by Crippen LogP contribution is -1.96. The third kappa shape index (κ3) is 3.86. The van der Waals surface area contributed by atoms with Crippen LogP contribution in [0.3, 0.4) is 0 Å². The number of hydrogen-bond donors (Lipinski definition) is 0. The van der Waals surface area contributed by atoms with Crippen LogP contribution in [0.4, 0.5) is 0 Å². The minimum Gasteiger partial charge on any atom is -0.123 e. The molecule has 0 nitrogen and oxygen atoms in total. The maximum absolute atomic E-state index is 2.36. The zero-order chi connectivity index (χ0) is 12.3. The summed E-state index contributed by atoms with van der Waals surface area (Å²) >= 11 is 1.96. The molecule has 16 heavy (non-hydrogen) atoms. The van der Waals surface area contributed by atoms with Gasteiger partial charge in [-0.3, -0.25) is 0 Å². The second kappa shape index (κ2) is 5.77. The van der Waals surface area contributed by atoms with Crippen LogP contribution in [0.1, 0.15) is 64.5 Å². The van der Waals surface area contributed by atoms with E-state index in [4.69, 9.17) is 0 Å². The summed E-state index contributed by atoms with van der Waals surface area (Å²) in [5.74, 6) is 1.23. The van der Waals surface area contributed by atoms with Gasteiger partial charge in [0.1, 0.15) is 0 Å². The van der Waals surface area contributed by atoms with Crippen LogP contribution in [-0.2, 0) is 0 Å². The molecule has 0 saturated heterocycles. The first-order valence-electron chi connectivity index (χ1n) is 6.21. The molecule has 0 N–H and O–H groups in total. The van der Waals surface area contributed by atoms with E-state index in [0.29, 0.717) is 17.1 Å². The normalized spacial score (nSPS) is 11.8. The zero-order valence-corrected chi connectivity index (χ0v) is 12.2. The van der Waals surface area contributed by atoms with Crippen LogP contribution in [0.2, 0.25) is 0 Å². The third-order valence-corrected chi connectivity index (χ3v) is 3.64. The lowest BCUT2D eigenvalue weighted by Gasteiger charge is -2.15. The lowest BCUT2D eigenvalue weighted by atomic mass is 9.96. The van der Waals surface area contributed by atoms with Crippen LogP contribution < -0.4 is 0 Å². The van der Waals surface area contributed by atoms with E-state index in [2.05, 4.69) is 59.7 Å². The Morgan fingerprint density at radius 1 is 0.750 bits per heavy atom. The van der Waals surface area contributed by atoms with Crippen molar-refractivity contribution in [3.63, 3.8) is 0 Å². The van der Waals surface area contributed by atoms with E-state index >= 15 is 0 Å². The van der Waals surface area contributed by atoms with Gasteiger partial charge in [-0.1, -0.05) is 47.6 Å². The molecule has 0 spiro atoms. The van der Waals surface area contributed by atoms with Crippen LogP contribution in [0.15, 0.2) is 23.1 Å². The number of benzene rings is 1. The van der Waals surface area contributed by atoms with Gasteiger partial charge in [-0.05, 0) is 35.1 Å². The molecule has 0 saturated carbocycles. The summed E-state index contributed by atoms with van der Waals surface area (Å²) in [7, 11) is 0. The fraction of sp³-hybridized carbons (Fsp3) is 0.600. The van der Waals surface area contributed by atoms with Crippen molar-refractivity contribution < 1.29 is 0 Å². The fourth-order valence-electron chi connectivity index (χ4n) is 1.65. The summed E-state index contributed by atoms with van der Waals surface area (Å²) in [6.45, 7) is 13.6. The molecule has 1 rings (SSSR count). The SMILES string of the molecule is CC(C)Sc1cc(C(C)C)cc(C(C)C)c1. The average Bonchev–Trinajstić information content (AvgIpc) is 2.15. The van der Waals surface area contributed by atoms with Crippen LogP contribution in [-0.4, -0.2) is 5.25 Å². The molecule has 0 aliphatic rings. The van der Waals surface area contributed by atoms with Crippen molar-refractivity contribution in [2.24, 2.45) is 0 Å². The molecule has 0 aliphatic heterocycles. The van der Waals surface area contributed by atoms with Crippen molar-refractivity contribution in [2.75, 3.05) is 0 Å². The molecule has 0 heterocycles. The van der Waals surface area contributed by atoms with Crippen LogP contribution in [0.5, 0.6) is 0 Å². The number of hydrogen-bond acceptors (Lipinski definition) is 1. The largest absolute Gasteiger partial charge is 0.123 e. The standard InChI is InChI=1S/C15H24S/c1-10(2)13-7-14(11(3)4)9-15(8-13)16-12(5)6/h7-12H,1-6H3. The molecule has 0 aromatic heterocycles. The summed E-state index contributed by atoms with van der Waals surface area (Å²) < 4.78 is 0. The summed E-state index contributed by atoms with van der Waals surface area (Å²) in [4.78, 5) is 1.42. The maximum Gasteiger partial charge on any atom is 0.00802 e. The van der Waals surface area contributed by atoms with Gasteiger partial charge in [0, 0.05) is 10.1 Å². The Hall–Kier alpha value is -0.430. The van der Waals surface area contributed by atoms with Gasteiger partial charge in [0.15, 0.2) is 0 Å². The van der Waals surface area contributed by atoms with E-state index in [0.717, 1.165) is 0 Å². The van der Waals surface area contributed by atoms with E-state index in [9.17, 15) is 0 Å². The highest BCUT2D eigenvalue weighted by Crippen LogP contribution is 2.30. The van der Waals surface area contributed by atoms with Crippen LogP contribution in [0, 0.1) is 0 Å². The van der Waals surface area contributed by atoms with Crippen molar-refractivity contribution in [1.82, 2.24) is 0 Å². The molecule has 0 aliphatic carbocycles. The summed E-state index contributed by atoms with van der Waals surface area (Å²) in [5, 5.41) is 0.655. The van der Waals surface area contributed by atoms with Gasteiger partial charge in [0.25, 0.3) is 0 Å². The fourth-order valence-corrected chi connectivity index (χ4v) is 2.61. The quantitative estimate of drug-likeness (QED) is 0.628. The summed E-state index contributed by atoms with van der Waals surface area (Å²) in [6, 6.07) is 7.06. The first-order chi connectivity index (χ1) is 7.40. The maximum atomic E-state index is 2.36. The Bertz CT molecular complexity index is 311. The topological polar surface area (TPSA) is 0 Å². The first kappa shape index (κ1) is 13.6. The van der Waals surface area contributed by atoms with Gasteiger partial charge in [-0.15, -0.1) is 11.8 Å². The van der Waals surface area contributed by atoms with Gasteiger partial charge in [-0.25, -0.2) is 0 Å². The Morgan fingerprint density at radius 2 is 1.19 bits per heavy atom. The summed E-state index contributed by atoms with van der Waals surface area (Å²) in [6.07, 6.45) is 0. The molecule has 0 unspecified atom stereocenters. The molecule has 0 bridgehead atoms. The Balaban J connectivity index is 3.08. The second-order valence-electron chi connectivity index (χ2n) is 5.31. The van der Waals surface area contributed by atoms with E-state index in [1.165, 1.54) is 16.0 Å². The van der Waals surface area contributed by atoms with Gasteiger partial charge < -0.3 is 0 Å². The van der Waals surface area contributed by atoms with Crippen LogP contribution in [0.25, 0.3) is 0 Å². The van der Waals surface area contributed by atoms with Crippen molar-refractivity contribution >= 4 is 11.8 Å². The average molecular weight is 236 g/mol. The monoisotopic (exact) mass is 236 g/mol. The van der Waals surface area contributed by atoms with Gasteiger partial charge in [-0.2, -0.15) is 0 Å². The van der Waals surface area contributed by atoms with E-state index in [1.807, 2.05) is 11.8 Å². The third-order valence-electron chi connectivity index (χ3n) is 2.66. The smallest absolute Gasteiger partial charge is 0.00802 e. The molecule has 1 heteroatoms. The number of rotatable bonds is 4. The van der Waals surface area contributed by atoms with Crippen molar-refractivity contribution in [3.05, 3.63) is 29.3 Å². The van der Waals surface area contributed by atoms with Crippen molar-refractivity contribution in [2.45, 2.75) is 63.5 Å². The van der Waals surface area contributed by atoms with E-state index < -0.39 is 0 Å². The van der Waals surface area contributed by atoms with Gasteiger partial charge in [0.2, 0.25) is 0 Å². The molecular formula is C15H24S. The van der Waals surface area contributed by atoms with Gasteiger partial charge in [0.05, 0.1) is 0 Å². The molecule has 0 amide bonds. The Morgan fingerprint density at radius 3 is 1.50 bits per heavy atom. The lowest BCUT2D eigenvalue weighted by molar-refractivity contribution is 0.826. The van der Waals surface area contributed by atoms with Crippen molar-refractivity contribution in [3.8, 4) is 0 Å². The predicted octanol–water partition coefficient (Wildman–Crippen LogP) is 5.43. The molecular weight excluding hydrogens is 212 g/mol. The zero-order valence-electron chi connectivity index (χ0n) is 11.4. The summed E-state index contributed by atoms with van der Waals surface area (Å²) in [5.41, 5.74) is 2.93. The second-order valence-corrected chi connectivity index (χ2v) is 6.96. The molecule has 1 aromatic rings. The molecule has 1 aromatic carbocycles. The highest BCUT2D eigenvalue weighted by Gasteiger charge is 2.08. The van der Waals surface area contributed by atoms with Crippen molar-refractivity contribution in [1.29, 1.82) is 0 Å². The molecule has 0 atom stereocenters. The minimum absolute atomic E-state index is 0.616. The molecule has 0 fully saturated rings. The highest BCUT2D eigenvalue weighted by molar-refractivity contribution is 7.99. The molecule has 90 valence electrons. The Labute approximate surface area is 105 Å². The first-order valence-corrected chi connectivity index (χ1v) is 7.09. The van der Waals surface area contributed by atoms with Gasteiger partial charge >= 0.3 is 0 Å². The van der Waals surface area contributed by atoms with E-state index in [-0.39, 0.29) is 0 Å². The Kier molecular flexibility index (Phi) is 4.91. The highest BCUT2D eigenvalue weighted by atomic mass is 32.2. The van der Waals surface area contributed by atoms with E-state index in [1.54, 1.807) is 0 Å². The minimum atomic E-state index is 0.616. The number of thioether (sulfide) groups is 1. The molecule has 0 radical (unpaired) electrons. The van der Waals surface area contributed by atoms with Crippen LogP contribution >= 0.6 is 11.8 Å².